The maximum atomic E-state index is 11.8. The lowest BCUT2D eigenvalue weighted by Crippen LogP contribution is -2.17. The molecule has 1 unspecified atom stereocenters. The highest BCUT2D eigenvalue weighted by atomic mass is 35.5. The number of hydrogen-bond donors (Lipinski definition) is 0. The van der Waals surface area contributed by atoms with Crippen LogP contribution in [0.5, 0.6) is 0 Å². The number of hydrogen-bond acceptors (Lipinski definition) is 4. The second kappa shape index (κ2) is 6.17. The Morgan fingerprint density at radius 1 is 1.47 bits per heavy atom. The molecular formula is C14H15ClO4. The fourth-order valence-corrected chi connectivity index (χ4v) is 2.43. The summed E-state index contributed by atoms with van der Waals surface area (Å²) in [7, 11) is 0. The van der Waals surface area contributed by atoms with E-state index in [-0.39, 0.29) is 18.1 Å². The van der Waals surface area contributed by atoms with E-state index in [9.17, 15) is 9.59 Å². The summed E-state index contributed by atoms with van der Waals surface area (Å²) in [5.74, 6) is -1.26. The lowest BCUT2D eigenvalue weighted by molar-refractivity contribution is -0.137. The van der Waals surface area contributed by atoms with Gasteiger partial charge in [-0.25, -0.2) is 4.79 Å². The summed E-state index contributed by atoms with van der Waals surface area (Å²) in [6.45, 7) is 3.20. The summed E-state index contributed by atoms with van der Waals surface area (Å²) < 4.78 is 9.99. The Balaban J connectivity index is 2.18. The summed E-state index contributed by atoms with van der Waals surface area (Å²) >= 11 is 6.18. The molecule has 0 spiro atoms. The van der Waals surface area contributed by atoms with Gasteiger partial charge in [0.15, 0.2) is 0 Å². The first kappa shape index (κ1) is 14.0. The van der Waals surface area contributed by atoms with Gasteiger partial charge in [0.2, 0.25) is 0 Å². The van der Waals surface area contributed by atoms with Crippen molar-refractivity contribution in [2.75, 3.05) is 19.8 Å². The van der Waals surface area contributed by atoms with Crippen molar-refractivity contribution in [1.82, 2.24) is 0 Å². The lowest BCUT2D eigenvalue weighted by atomic mass is 9.96. The minimum atomic E-state index is -0.851. The van der Waals surface area contributed by atoms with Crippen molar-refractivity contribution in [3.63, 3.8) is 0 Å². The summed E-state index contributed by atoms with van der Waals surface area (Å²) in [4.78, 5) is 23.1. The van der Waals surface area contributed by atoms with Crippen LogP contribution in [0.2, 0.25) is 5.02 Å². The molecule has 0 amide bonds. The quantitative estimate of drug-likeness (QED) is 0.484. The van der Waals surface area contributed by atoms with E-state index >= 15 is 0 Å². The molecule has 1 heterocycles. The van der Waals surface area contributed by atoms with Crippen LogP contribution < -0.4 is 0 Å². The largest absolute Gasteiger partial charge is 0.460 e. The summed E-state index contributed by atoms with van der Waals surface area (Å²) in [5, 5.41) is 0.491. The minimum absolute atomic E-state index is 0.176. The predicted octanol–water partition coefficient (Wildman–Crippen LogP) is 2.59. The van der Waals surface area contributed by atoms with Crippen LogP contribution >= 0.6 is 11.6 Å². The van der Waals surface area contributed by atoms with Gasteiger partial charge in [-0.15, -0.1) is 0 Å². The van der Waals surface area contributed by atoms with E-state index in [2.05, 4.69) is 4.74 Å². The van der Waals surface area contributed by atoms with Gasteiger partial charge in [-0.05, 0) is 25.0 Å². The van der Waals surface area contributed by atoms with E-state index in [1.54, 1.807) is 19.1 Å². The van der Waals surface area contributed by atoms with Crippen LogP contribution in [0.15, 0.2) is 18.2 Å². The molecule has 0 aliphatic carbocycles. The smallest absolute Gasteiger partial charge is 0.379 e. The monoisotopic (exact) mass is 282 g/mol. The average molecular weight is 283 g/mol. The molecule has 1 saturated heterocycles. The average Bonchev–Trinajstić information content (AvgIpc) is 2.91. The molecule has 1 aliphatic rings. The van der Waals surface area contributed by atoms with Crippen molar-refractivity contribution < 1.29 is 19.1 Å². The van der Waals surface area contributed by atoms with Gasteiger partial charge in [0.25, 0.3) is 5.78 Å². The van der Waals surface area contributed by atoms with Gasteiger partial charge in [0, 0.05) is 23.1 Å². The number of benzene rings is 1. The molecule has 0 saturated carbocycles. The van der Waals surface area contributed by atoms with Crippen molar-refractivity contribution in [3.05, 3.63) is 34.3 Å². The number of Topliss-reactive ketones (excluding diaryl/α,β-unsaturated/α-hetero) is 1. The number of esters is 1. The SMILES string of the molecule is CCOC(=O)C(=O)c1ccc(C2CCOC2)c(Cl)c1. The first-order valence-electron chi connectivity index (χ1n) is 6.22. The van der Waals surface area contributed by atoms with Crippen molar-refractivity contribution in [2.45, 2.75) is 19.3 Å². The maximum Gasteiger partial charge on any atom is 0.379 e. The van der Waals surface area contributed by atoms with Crippen LogP contribution in [-0.4, -0.2) is 31.6 Å². The highest BCUT2D eigenvalue weighted by Crippen LogP contribution is 2.31. The van der Waals surface area contributed by atoms with Crippen LogP contribution in [0.1, 0.15) is 35.2 Å². The highest BCUT2D eigenvalue weighted by Gasteiger charge is 2.23. The molecular weight excluding hydrogens is 268 g/mol. The van der Waals surface area contributed by atoms with Crippen LogP contribution in [-0.2, 0) is 14.3 Å². The Hall–Kier alpha value is -1.39. The van der Waals surface area contributed by atoms with Crippen LogP contribution in [0.4, 0.5) is 0 Å². The van der Waals surface area contributed by atoms with Crippen LogP contribution in [0.25, 0.3) is 0 Å². The number of halogens is 1. The van der Waals surface area contributed by atoms with Gasteiger partial charge in [0.1, 0.15) is 0 Å². The molecule has 1 fully saturated rings. The zero-order valence-corrected chi connectivity index (χ0v) is 11.4. The molecule has 0 N–H and O–H groups in total. The van der Waals surface area contributed by atoms with Crippen molar-refractivity contribution in [3.8, 4) is 0 Å². The zero-order chi connectivity index (χ0) is 13.8. The van der Waals surface area contributed by atoms with Gasteiger partial charge >= 0.3 is 5.97 Å². The molecule has 1 aliphatic heterocycles. The Morgan fingerprint density at radius 3 is 2.84 bits per heavy atom. The van der Waals surface area contributed by atoms with Gasteiger partial charge in [0.05, 0.1) is 13.2 Å². The third-order valence-corrected chi connectivity index (χ3v) is 3.42. The van der Waals surface area contributed by atoms with E-state index in [1.165, 1.54) is 6.07 Å². The number of ether oxygens (including phenoxy) is 2. The second-order valence-electron chi connectivity index (χ2n) is 4.35. The van der Waals surface area contributed by atoms with E-state index in [0.29, 0.717) is 11.6 Å². The standard InChI is InChI=1S/C14H15ClO4/c1-2-19-14(17)13(16)9-3-4-11(12(15)7-9)10-5-6-18-8-10/h3-4,7,10H,2,5-6,8H2,1H3. The maximum absolute atomic E-state index is 11.8. The number of rotatable bonds is 4. The summed E-state index contributed by atoms with van der Waals surface area (Å²) in [6.07, 6.45) is 0.922. The van der Waals surface area contributed by atoms with Crippen LogP contribution in [0.3, 0.4) is 0 Å². The molecule has 5 heteroatoms. The van der Waals surface area contributed by atoms with E-state index in [4.69, 9.17) is 16.3 Å². The highest BCUT2D eigenvalue weighted by molar-refractivity contribution is 6.41. The number of carbonyl (C=O) groups excluding carboxylic acids is 2. The molecule has 19 heavy (non-hydrogen) atoms. The van der Waals surface area contributed by atoms with Crippen LogP contribution in [0, 0.1) is 0 Å². The van der Waals surface area contributed by atoms with Gasteiger partial charge in [-0.3, -0.25) is 4.79 Å². The molecule has 1 aromatic rings. The first-order chi connectivity index (χ1) is 9.13. The number of ketones is 1. The lowest BCUT2D eigenvalue weighted by Gasteiger charge is -2.11. The minimum Gasteiger partial charge on any atom is -0.460 e. The normalized spacial score (nSPS) is 18.3. The molecule has 0 bridgehead atoms. The topological polar surface area (TPSA) is 52.6 Å². The summed E-state index contributed by atoms with van der Waals surface area (Å²) in [6, 6.07) is 4.92. The molecule has 1 aromatic carbocycles. The Kier molecular flexibility index (Phi) is 4.56. The molecule has 2 rings (SSSR count). The first-order valence-corrected chi connectivity index (χ1v) is 6.60. The molecule has 4 nitrogen and oxygen atoms in total. The molecule has 0 radical (unpaired) electrons. The third kappa shape index (κ3) is 3.14. The predicted molar refractivity (Wildman–Crippen MR) is 70.6 cm³/mol. The molecule has 0 aromatic heterocycles. The van der Waals surface area contributed by atoms with Crippen molar-refractivity contribution in [1.29, 1.82) is 0 Å². The molecule has 1 atom stereocenters. The third-order valence-electron chi connectivity index (χ3n) is 3.09. The second-order valence-corrected chi connectivity index (χ2v) is 4.75. The Bertz CT molecular complexity index is 492. The zero-order valence-electron chi connectivity index (χ0n) is 10.6. The van der Waals surface area contributed by atoms with E-state index in [0.717, 1.165) is 18.6 Å². The Labute approximate surface area is 116 Å². The van der Waals surface area contributed by atoms with E-state index < -0.39 is 11.8 Å². The van der Waals surface area contributed by atoms with Gasteiger partial charge in [-0.1, -0.05) is 23.7 Å². The van der Waals surface area contributed by atoms with Crippen molar-refractivity contribution in [2.24, 2.45) is 0 Å². The number of carbonyl (C=O) groups is 2. The Morgan fingerprint density at radius 2 is 2.26 bits per heavy atom. The van der Waals surface area contributed by atoms with Crippen molar-refractivity contribution >= 4 is 23.4 Å². The fraction of sp³-hybridized carbons (Fsp3) is 0.429. The summed E-state index contributed by atoms with van der Waals surface area (Å²) in [5.41, 5.74) is 1.21. The fourth-order valence-electron chi connectivity index (χ4n) is 2.09. The van der Waals surface area contributed by atoms with Gasteiger partial charge in [-0.2, -0.15) is 0 Å². The van der Waals surface area contributed by atoms with E-state index in [1.807, 2.05) is 0 Å². The molecule has 102 valence electrons. The van der Waals surface area contributed by atoms with Gasteiger partial charge < -0.3 is 9.47 Å².